The SMILES string of the molecule is NC(=O)c1cc(F)c(C2=CCNC2)c2c1Cc1ccccc1-2. The molecule has 1 amide bonds. The lowest BCUT2D eigenvalue weighted by atomic mass is 9.91. The number of benzene rings is 2. The Morgan fingerprint density at radius 2 is 2.05 bits per heavy atom. The van der Waals surface area contributed by atoms with Crippen molar-refractivity contribution in [1.82, 2.24) is 5.32 Å². The van der Waals surface area contributed by atoms with E-state index in [1.54, 1.807) is 0 Å². The number of carbonyl (C=O) groups is 1. The van der Waals surface area contributed by atoms with E-state index >= 15 is 0 Å². The Bertz CT molecular complexity index is 839. The first kappa shape index (κ1) is 13.2. The molecule has 4 rings (SSSR count). The number of hydrogen-bond donors (Lipinski definition) is 2. The average Bonchev–Trinajstić information content (AvgIpc) is 3.14. The molecule has 0 bridgehead atoms. The Balaban J connectivity index is 2.07. The van der Waals surface area contributed by atoms with Gasteiger partial charge in [0.25, 0.3) is 0 Å². The third-order valence-corrected chi connectivity index (χ3v) is 4.44. The molecule has 22 heavy (non-hydrogen) atoms. The van der Waals surface area contributed by atoms with Crippen LogP contribution in [0.25, 0.3) is 16.7 Å². The molecular formula is C18H15FN2O. The highest BCUT2D eigenvalue weighted by Gasteiger charge is 2.29. The van der Waals surface area contributed by atoms with Crippen molar-refractivity contribution < 1.29 is 9.18 Å². The monoisotopic (exact) mass is 294 g/mol. The van der Waals surface area contributed by atoms with E-state index < -0.39 is 5.91 Å². The van der Waals surface area contributed by atoms with Crippen molar-refractivity contribution in [3.05, 3.63) is 64.5 Å². The van der Waals surface area contributed by atoms with Gasteiger partial charge >= 0.3 is 0 Å². The molecule has 2 aromatic carbocycles. The smallest absolute Gasteiger partial charge is 0.249 e. The molecule has 0 aromatic heterocycles. The van der Waals surface area contributed by atoms with Crippen molar-refractivity contribution in [3.8, 4) is 11.1 Å². The summed E-state index contributed by atoms with van der Waals surface area (Å²) in [5, 5.41) is 3.20. The number of fused-ring (bicyclic) bond motifs is 3. The minimum Gasteiger partial charge on any atom is -0.366 e. The molecule has 0 fully saturated rings. The summed E-state index contributed by atoms with van der Waals surface area (Å²) in [7, 11) is 0. The second-order valence-electron chi connectivity index (χ2n) is 5.69. The largest absolute Gasteiger partial charge is 0.366 e. The first-order chi connectivity index (χ1) is 10.7. The van der Waals surface area contributed by atoms with E-state index in [0.717, 1.165) is 34.4 Å². The highest BCUT2D eigenvalue weighted by Crippen LogP contribution is 2.44. The van der Waals surface area contributed by atoms with E-state index in [0.29, 0.717) is 24.1 Å². The van der Waals surface area contributed by atoms with Gasteiger partial charge in [-0.15, -0.1) is 0 Å². The van der Waals surface area contributed by atoms with Crippen LogP contribution in [0.1, 0.15) is 27.0 Å². The van der Waals surface area contributed by atoms with Crippen LogP contribution >= 0.6 is 0 Å². The van der Waals surface area contributed by atoms with E-state index in [9.17, 15) is 9.18 Å². The molecule has 1 aliphatic heterocycles. The third-order valence-electron chi connectivity index (χ3n) is 4.44. The highest BCUT2D eigenvalue weighted by molar-refractivity contribution is 6.01. The zero-order valence-corrected chi connectivity index (χ0v) is 11.9. The number of halogens is 1. The summed E-state index contributed by atoms with van der Waals surface area (Å²) in [5.74, 6) is -0.952. The molecule has 0 saturated heterocycles. The summed E-state index contributed by atoms with van der Waals surface area (Å²) in [5.41, 5.74) is 11.1. The van der Waals surface area contributed by atoms with Crippen molar-refractivity contribution in [2.75, 3.05) is 13.1 Å². The number of rotatable bonds is 2. The highest BCUT2D eigenvalue weighted by atomic mass is 19.1. The maximum absolute atomic E-state index is 14.7. The van der Waals surface area contributed by atoms with Crippen LogP contribution in [0.2, 0.25) is 0 Å². The van der Waals surface area contributed by atoms with Gasteiger partial charge < -0.3 is 11.1 Å². The number of amides is 1. The minimum atomic E-state index is -0.576. The summed E-state index contributed by atoms with van der Waals surface area (Å²) in [6, 6.07) is 9.19. The zero-order valence-electron chi connectivity index (χ0n) is 11.9. The van der Waals surface area contributed by atoms with Gasteiger partial charge in [0.2, 0.25) is 5.91 Å². The van der Waals surface area contributed by atoms with Gasteiger partial charge in [-0.05, 0) is 40.3 Å². The molecule has 3 N–H and O–H groups in total. The van der Waals surface area contributed by atoms with Crippen LogP contribution in [-0.2, 0) is 6.42 Å². The second kappa shape index (κ2) is 4.78. The minimum absolute atomic E-state index is 0.291. The molecule has 0 unspecified atom stereocenters. The van der Waals surface area contributed by atoms with Crippen LogP contribution in [0.15, 0.2) is 36.4 Å². The molecule has 1 heterocycles. The lowest BCUT2D eigenvalue weighted by Gasteiger charge is -2.14. The summed E-state index contributed by atoms with van der Waals surface area (Å²) < 4.78 is 14.7. The quantitative estimate of drug-likeness (QED) is 0.763. The lowest BCUT2D eigenvalue weighted by Crippen LogP contribution is -2.15. The fraction of sp³-hybridized carbons (Fsp3) is 0.167. The van der Waals surface area contributed by atoms with Crippen LogP contribution < -0.4 is 11.1 Å². The van der Waals surface area contributed by atoms with Crippen molar-refractivity contribution in [2.24, 2.45) is 5.73 Å². The maximum Gasteiger partial charge on any atom is 0.249 e. The molecule has 0 atom stereocenters. The zero-order chi connectivity index (χ0) is 15.3. The summed E-state index contributed by atoms with van der Waals surface area (Å²) in [6.45, 7) is 1.38. The van der Waals surface area contributed by atoms with Gasteiger partial charge in [-0.1, -0.05) is 30.3 Å². The summed E-state index contributed by atoms with van der Waals surface area (Å²) in [6.07, 6.45) is 2.63. The first-order valence-corrected chi connectivity index (χ1v) is 7.30. The number of carbonyl (C=O) groups excluding carboxylic acids is 1. The predicted molar refractivity (Wildman–Crippen MR) is 84.0 cm³/mol. The van der Waals surface area contributed by atoms with Gasteiger partial charge in [-0.25, -0.2) is 4.39 Å². The van der Waals surface area contributed by atoms with Crippen LogP contribution in [0.4, 0.5) is 4.39 Å². The summed E-state index contributed by atoms with van der Waals surface area (Å²) >= 11 is 0. The normalized spacial score (nSPS) is 15.4. The molecule has 0 spiro atoms. The van der Waals surface area contributed by atoms with E-state index in [1.807, 2.05) is 30.3 Å². The van der Waals surface area contributed by atoms with Gasteiger partial charge in [0, 0.05) is 24.2 Å². The predicted octanol–water partition coefficient (Wildman–Crippen LogP) is 2.48. The van der Waals surface area contributed by atoms with Crippen molar-refractivity contribution in [3.63, 3.8) is 0 Å². The number of primary amides is 1. The standard InChI is InChI=1S/C18H15FN2O/c19-15-8-14(18(20)22)13-7-10-3-1-2-4-12(10)17(13)16(15)11-5-6-21-9-11/h1-5,8,21H,6-7,9H2,(H2,20,22). The van der Waals surface area contributed by atoms with Gasteiger partial charge in [-0.3, -0.25) is 4.79 Å². The molecule has 2 aliphatic rings. The Morgan fingerprint density at radius 1 is 1.23 bits per heavy atom. The van der Waals surface area contributed by atoms with Crippen molar-refractivity contribution in [1.29, 1.82) is 0 Å². The third kappa shape index (κ3) is 1.81. The van der Waals surface area contributed by atoms with E-state index in [4.69, 9.17) is 5.73 Å². The molecule has 0 saturated carbocycles. The van der Waals surface area contributed by atoms with Crippen molar-refractivity contribution >= 4 is 11.5 Å². The van der Waals surface area contributed by atoms with E-state index in [-0.39, 0.29) is 5.82 Å². The molecule has 4 heteroatoms. The van der Waals surface area contributed by atoms with Gasteiger partial charge in [0.05, 0.1) is 0 Å². The molecular weight excluding hydrogens is 279 g/mol. The molecule has 0 radical (unpaired) electrons. The van der Waals surface area contributed by atoms with Gasteiger partial charge in [0.1, 0.15) is 5.82 Å². The van der Waals surface area contributed by atoms with Crippen LogP contribution in [0, 0.1) is 5.82 Å². The van der Waals surface area contributed by atoms with Crippen LogP contribution in [0.5, 0.6) is 0 Å². The number of nitrogens with one attached hydrogen (secondary N) is 1. The van der Waals surface area contributed by atoms with E-state index in [1.165, 1.54) is 6.07 Å². The van der Waals surface area contributed by atoms with E-state index in [2.05, 4.69) is 5.32 Å². The Labute approximate surface area is 127 Å². The Hall–Kier alpha value is -2.46. The van der Waals surface area contributed by atoms with Crippen molar-refractivity contribution in [2.45, 2.75) is 6.42 Å². The maximum atomic E-state index is 14.7. The van der Waals surface area contributed by atoms with Crippen LogP contribution in [-0.4, -0.2) is 19.0 Å². The lowest BCUT2D eigenvalue weighted by molar-refractivity contribution is 0.0999. The fourth-order valence-electron chi connectivity index (χ4n) is 3.48. The fourth-order valence-corrected chi connectivity index (χ4v) is 3.48. The van der Waals surface area contributed by atoms with Gasteiger partial charge in [0.15, 0.2) is 0 Å². The Morgan fingerprint density at radius 3 is 2.77 bits per heavy atom. The number of hydrogen-bond acceptors (Lipinski definition) is 2. The molecule has 2 aromatic rings. The Kier molecular flexibility index (Phi) is 2.87. The van der Waals surface area contributed by atoms with Crippen LogP contribution in [0.3, 0.4) is 0 Å². The summed E-state index contributed by atoms with van der Waals surface area (Å²) in [4.78, 5) is 11.7. The topological polar surface area (TPSA) is 55.1 Å². The number of nitrogens with two attached hydrogens (primary N) is 1. The molecule has 3 nitrogen and oxygen atoms in total. The molecule has 1 aliphatic carbocycles. The average molecular weight is 294 g/mol. The molecule has 110 valence electrons. The first-order valence-electron chi connectivity index (χ1n) is 7.30. The van der Waals surface area contributed by atoms with Gasteiger partial charge in [-0.2, -0.15) is 0 Å². The second-order valence-corrected chi connectivity index (χ2v) is 5.69.